The lowest BCUT2D eigenvalue weighted by Gasteiger charge is -2.06. The van der Waals surface area contributed by atoms with E-state index in [9.17, 15) is 4.79 Å². The molecule has 0 fully saturated rings. The molecular formula is C19H17ClN4O. The van der Waals surface area contributed by atoms with E-state index in [0.29, 0.717) is 5.02 Å². The predicted octanol–water partition coefficient (Wildman–Crippen LogP) is 3.61. The van der Waals surface area contributed by atoms with E-state index in [2.05, 4.69) is 15.5 Å². The van der Waals surface area contributed by atoms with Gasteiger partial charge in [0.1, 0.15) is 0 Å². The summed E-state index contributed by atoms with van der Waals surface area (Å²) in [5.74, 6) is -0.170. The molecule has 1 N–H and O–H groups in total. The molecule has 0 aliphatic heterocycles. The molecule has 0 saturated heterocycles. The van der Waals surface area contributed by atoms with Crippen LogP contribution in [0.15, 0.2) is 72.4 Å². The second-order valence-corrected chi connectivity index (χ2v) is 5.99. The third kappa shape index (κ3) is 4.55. The Morgan fingerprint density at radius 3 is 2.52 bits per heavy atom. The minimum absolute atomic E-state index is 0.170. The average molecular weight is 353 g/mol. The monoisotopic (exact) mass is 352 g/mol. The van der Waals surface area contributed by atoms with Gasteiger partial charge in [-0.1, -0.05) is 35.9 Å². The molecule has 0 saturated carbocycles. The number of nitrogens with one attached hydrogen (secondary N) is 1. The molecule has 0 atom stereocenters. The van der Waals surface area contributed by atoms with Crippen molar-refractivity contribution in [2.75, 3.05) is 0 Å². The third-order valence-corrected chi connectivity index (χ3v) is 3.97. The van der Waals surface area contributed by atoms with Gasteiger partial charge in [0, 0.05) is 23.1 Å². The smallest absolute Gasteiger partial charge is 0.244 e. The second-order valence-electron chi connectivity index (χ2n) is 5.55. The summed E-state index contributed by atoms with van der Waals surface area (Å²) >= 11 is 5.84. The number of aromatic nitrogens is 2. The SMILES string of the molecule is C/C(=N/NC(=O)Cc1ccc(Cl)cc1)c1ccc(-n2ccnc2)cc1. The minimum atomic E-state index is -0.170. The van der Waals surface area contributed by atoms with Crippen LogP contribution in [0.4, 0.5) is 0 Å². The predicted molar refractivity (Wildman–Crippen MR) is 99.1 cm³/mol. The number of amides is 1. The molecule has 0 unspecified atom stereocenters. The number of benzene rings is 2. The molecule has 0 aliphatic carbocycles. The van der Waals surface area contributed by atoms with Crippen LogP contribution < -0.4 is 5.43 Å². The van der Waals surface area contributed by atoms with E-state index in [0.717, 1.165) is 22.5 Å². The lowest BCUT2D eigenvalue weighted by molar-refractivity contribution is -0.120. The number of nitrogens with zero attached hydrogens (tertiary/aromatic N) is 3. The van der Waals surface area contributed by atoms with E-state index in [1.165, 1.54) is 0 Å². The number of hydrogen-bond donors (Lipinski definition) is 1. The van der Waals surface area contributed by atoms with E-state index < -0.39 is 0 Å². The van der Waals surface area contributed by atoms with Gasteiger partial charge < -0.3 is 4.57 Å². The quantitative estimate of drug-likeness (QED) is 0.563. The van der Waals surface area contributed by atoms with Crippen LogP contribution in [0.25, 0.3) is 5.69 Å². The summed E-state index contributed by atoms with van der Waals surface area (Å²) in [7, 11) is 0. The maximum atomic E-state index is 12.0. The summed E-state index contributed by atoms with van der Waals surface area (Å²) in [4.78, 5) is 16.0. The first kappa shape index (κ1) is 16.9. The number of carbonyl (C=O) groups excluding carboxylic acids is 1. The van der Waals surface area contributed by atoms with Crippen LogP contribution in [0.3, 0.4) is 0 Å². The molecular weight excluding hydrogens is 336 g/mol. The third-order valence-electron chi connectivity index (χ3n) is 3.71. The van der Waals surface area contributed by atoms with E-state index >= 15 is 0 Å². The summed E-state index contributed by atoms with van der Waals surface area (Å²) in [6.07, 6.45) is 5.62. The maximum Gasteiger partial charge on any atom is 0.244 e. The van der Waals surface area contributed by atoms with Crippen molar-refractivity contribution in [2.45, 2.75) is 13.3 Å². The van der Waals surface area contributed by atoms with E-state index in [-0.39, 0.29) is 12.3 Å². The van der Waals surface area contributed by atoms with E-state index in [4.69, 9.17) is 11.6 Å². The Balaban J connectivity index is 1.61. The average Bonchev–Trinajstić information content (AvgIpc) is 3.16. The first-order valence-corrected chi connectivity index (χ1v) is 8.16. The van der Waals surface area contributed by atoms with Crippen LogP contribution in [-0.4, -0.2) is 21.2 Å². The van der Waals surface area contributed by atoms with E-state index in [1.54, 1.807) is 24.7 Å². The van der Waals surface area contributed by atoms with Gasteiger partial charge in [-0.15, -0.1) is 0 Å². The van der Waals surface area contributed by atoms with Gasteiger partial charge in [0.25, 0.3) is 0 Å². The second kappa shape index (κ2) is 7.77. The fourth-order valence-corrected chi connectivity index (χ4v) is 2.45. The van der Waals surface area contributed by atoms with Gasteiger partial charge in [0.15, 0.2) is 0 Å². The zero-order valence-corrected chi connectivity index (χ0v) is 14.4. The van der Waals surface area contributed by atoms with Crippen molar-refractivity contribution in [2.24, 2.45) is 5.10 Å². The van der Waals surface area contributed by atoms with Crippen molar-refractivity contribution in [3.8, 4) is 5.69 Å². The van der Waals surface area contributed by atoms with Gasteiger partial charge in [-0.05, 0) is 42.3 Å². The Morgan fingerprint density at radius 1 is 1.16 bits per heavy atom. The van der Waals surface area contributed by atoms with Gasteiger partial charge in [0.2, 0.25) is 5.91 Å². The number of imidazole rings is 1. The molecule has 0 radical (unpaired) electrons. The molecule has 1 heterocycles. The lowest BCUT2D eigenvalue weighted by Crippen LogP contribution is -2.21. The molecule has 6 heteroatoms. The molecule has 2 aromatic carbocycles. The topological polar surface area (TPSA) is 59.3 Å². The van der Waals surface area contributed by atoms with Crippen molar-refractivity contribution >= 4 is 23.2 Å². The summed E-state index contributed by atoms with van der Waals surface area (Å²) in [5, 5.41) is 4.82. The van der Waals surface area contributed by atoms with Crippen LogP contribution in [0, 0.1) is 0 Å². The molecule has 1 amide bonds. The molecule has 126 valence electrons. The highest BCUT2D eigenvalue weighted by Gasteiger charge is 2.04. The number of hydrazone groups is 1. The van der Waals surface area contributed by atoms with Gasteiger partial charge in [-0.2, -0.15) is 5.10 Å². The Hall–Kier alpha value is -2.92. The lowest BCUT2D eigenvalue weighted by atomic mass is 10.1. The zero-order valence-electron chi connectivity index (χ0n) is 13.7. The standard InChI is InChI=1S/C19H17ClN4O/c1-14(16-4-8-18(9-5-16)24-11-10-21-13-24)22-23-19(25)12-15-2-6-17(20)7-3-15/h2-11,13H,12H2,1H3,(H,23,25)/b22-14-. The van der Waals surface area contributed by atoms with Crippen LogP contribution >= 0.6 is 11.6 Å². The van der Waals surface area contributed by atoms with Crippen LogP contribution in [0.1, 0.15) is 18.1 Å². The Bertz CT molecular complexity index is 869. The van der Waals surface area contributed by atoms with E-state index in [1.807, 2.05) is 54.1 Å². The van der Waals surface area contributed by atoms with Crippen LogP contribution in [0.5, 0.6) is 0 Å². The van der Waals surface area contributed by atoms with Gasteiger partial charge in [-0.25, -0.2) is 10.4 Å². The van der Waals surface area contributed by atoms with Gasteiger partial charge >= 0.3 is 0 Å². The Labute approximate surface area is 151 Å². The molecule has 3 aromatic rings. The summed E-state index contributed by atoms with van der Waals surface area (Å²) in [6.45, 7) is 1.86. The van der Waals surface area contributed by atoms with Crippen LogP contribution in [0.2, 0.25) is 5.02 Å². The van der Waals surface area contributed by atoms with Crippen molar-refractivity contribution < 1.29 is 4.79 Å². The number of hydrogen-bond acceptors (Lipinski definition) is 3. The van der Waals surface area contributed by atoms with Crippen molar-refractivity contribution in [1.82, 2.24) is 15.0 Å². The Kier molecular flexibility index (Phi) is 5.26. The molecule has 0 bridgehead atoms. The number of carbonyl (C=O) groups is 1. The van der Waals surface area contributed by atoms with Crippen LogP contribution in [-0.2, 0) is 11.2 Å². The van der Waals surface area contributed by atoms with Crippen molar-refractivity contribution in [1.29, 1.82) is 0 Å². The summed E-state index contributed by atoms with van der Waals surface area (Å²) < 4.78 is 1.92. The highest BCUT2D eigenvalue weighted by Crippen LogP contribution is 2.11. The van der Waals surface area contributed by atoms with Crippen molar-refractivity contribution in [3.63, 3.8) is 0 Å². The molecule has 25 heavy (non-hydrogen) atoms. The first-order chi connectivity index (χ1) is 12.1. The fourth-order valence-electron chi connectivity index (χ4n) is 2.32. The number of rotatable bonds is 5. The highest BCUT2D eigenvalue weighted by molar-refractivity contribution is 6.30. The largest absolute Gasteiger partial charge is 0.306 e. The molecule has 0 spiro atoms. The molecule has 0 aliphatic rings. The molecule has 5 nitrogen and oxygen atoms in total. The first-order valence-electron chi connectivity index (χ1n) is 7.78. The summed E-state index contributed by atoms with van der Waals surface area (Å²) in [5.41, 5.74) is 6.17. The minimum Gasteiger partial charge on any atom is -0.306 e. The Morgan fingerprint density at radius 2 is 1.88 bits per heavy atom. The fraction of sp³-hybridized carbons (Fsp3) is 0.105. The van der Waals surface area contributed by atoms with Gasteiger partial charge in [-0.3, -0.25) is 4.79 Å². The van der Waals surface area contributed by atoms with Crippen molar-refractivity contribution in [3.05, 3.63) is 83.4 Å². The normalized spacial score (nSPS) is 11.4. The highest BCUT2D eigenvalue weighted by atomic mass is 35.5. The summed E-state index contributed by atoms with van der Waals surface area (Å²) in [6, 6.07) is 15.1. The molecule has 3 rings (SSSR count). The maximum absolute atomic E-state index is 12.0. The zero-order chi connectivity index (χ0) is 17.6. The number of halogens is 1. The van der Waals surface area contributed by atoms with Gasteiger partial charge in [0.05, 0.1) is 18.5 Å². The molecule has 1 aromatic heterocycles.